The molecule has 5 heteroatoms. The van der Waals surface area contributed by atoms with Crippen molar-refractivity contribution in [1.82, 2.24) is 0 Å². The standard InChI is InChI=1S/C17H16N2O2S/c1-10-3-5-12(6-4-10)17(21)18-13-7-8-15-14(9-13)19-16(20)11(2)22-15/h3-9,11H,1-2H3,(H,18,21)(H,19,20). The highest BCUT2D eigenvalue weighted by Gasteiger charge is 2.23. The van der Waals surface area contributed by atoms with E-state index in [4.69, 9.17) is 0 Å². The Morgan fingerprint density at radius 1 is 1.18 bits per heavy atom. The van der Waals surface area contributed by atoms with Crippen molar-refractivity contribution >= 4 is 35.0 Å². The molecule has 0 aliphatic carbocycles. The van der Waals surface area contributed by atoms with Crippen LogP contribution in [-0.4, -0.2) is 17.1 Å². The molecule has 22 heavy (non-hydrogen) atoms. The zero-order chi connectivity index (χ0) is 15.7. The largest absolute Gasteiger partial charge is 0.324 e. The van der Waals surface area contributed by atoms with Crippen molar-refractivity contribution in [1.29, 1.82) is 0 Å². The first kappa shape index (κ1) is 14.7. The monoisotopic (exact) mass is 312 g/mol. The molecule has 1 unspecified atom stereocenters. The first-order chi connectivity index (χ1) is 10.5. The number of amides is 2. The minimum atomic E-state index is -0.164. The molecule has 0 aromatic heterocycles. The molecule has 3 rings (SSSR count). The van der Waals surface area contributed by atoms with E-state index in [0.717, 1.165) is 16.1 Å². The lowest BCUT2D eigenvalue weighted by Gasteiger charge is -2.22. The molecule has 2 aromatic carbocycles. The summed E-state index contributed by atoms with van der Waals surface area (Å²) in [6.07, 6.45) is 0. The second-order valence-electron chi connectivity index (χ2n) is 5.28. The van der Waals surface area contributed by atoms with Gasteiger partial charge in [0.15, 0.2) is 0 Å². The number of rotatable bonds is 2. The fourth-order valence-corrected chi connectivity index (χ4v) is 3.13. The number of carbonyl (C=O) groups excluding carboxylic acids is 2. The van der Waals surface area contributed by atoms with Crippen LogP contribution >= 0.6 is 11.8 Å². The maximum absolute atomic E-state index is 12.2. The number of fused-ring (bicyclic) bond motifs is 1. The van der Waals surface area contributed by atoms with Crippen LogP contribution in [0.1, 0.15) is 22.8 Å². The van der Waals surface area contributed by atoms with Gasteiger partial charge in [0.2, 0.25) is 5.91 Å². The Morgan fingerprint density at radius 3 is 2.64 bits per heavy atom. The highest BCUT2D eigenvalue weighted by atomic mass is 32.2. The molecule has 2 amide bonds. The number of benzene rings is 2. The van der Waals surface area contributed by atoms with E-state index in [1.807, 2.05) is 38.1 Å². The number of anilines is 2. The smallest absolute Gasteiger partial charge is 0.255 e. The van der Waals surface area contributed by atoms with Crippen LogP contribution in [0.3, 0.4) is 0 Å². The Hall–Kier alpha value is -2.27. The molecule has 0 radical (unpaired) electrons. The van der Waals surface area contributed by atoms with Crippen molar-refractivity contribution in [2.75, 3.05) is 10.6 Å². The zero-order valence-electron chi connectivity index (χ0n) is 12.3. The lowest BCUT2D eigenvalue weighted by molar-refractivity contribution is -0.115. The SMILES string of the molecule is Cc1ccc(C(=O)Nc2ccc3c(c2)NC(=O)C(C)S3)cc1. The number of hydrogen-bond donors (Lipinski definition) is 2. The topological polar surface area (TPSA) is 58.2 Å². The molecule has 1 heterocycles. The zero-order valence-corrected chi connectivity index (χ0v) is 13.2. The van der Waals surface area contributed by atoms with Crippen molar-refractivity contribution in [3.63, 3.8) is 0 Å². The van der Waals surface area contributed by atoms with Gasteiger partial charge in [0.05, 0.1) is 10.9 Å². The van der Waals surface area contributed by atoms with Crippen LogP contribution in [0.5, 0.6) is 0 Å². The summed E-state index contributed by atoms with van der Waals surface area (Å²) in [6, 6.07) is 13.0. The molecule has 0 spiro atoms. The molecule has 2 N–H and O–H groups in total. The molecule has 1 aliphatic heterocycles. The predicted molar refractivity (Wildman–Crippen MR) is 89.5 cm³/mol. The fraction of sp³-hybridized carbons (Fsp3) is 0.176. The summed E-state index contributed by atoms with van der Waals surface area (Å²) >= 11 is 1.52. The third-order valence-electron chi connectivity index (χ3n) is 3.48. The Bertz CT molecular complexity index is 741. The lowest BCUT2D eigenvalue weighted by Crippen LogP contribution is -2.26. The van der Waals surface area contributed by atoms with Gasteiger partial charge in [-0.3, -0.25) is 9.59 Å². The first-order valence-electron chi connectivity index (χ1n) is 7.02. The minimum Gasteiger partial charge on any atom is -0.324 e. The number of hydrogen-bond acceptors (Lipinski definition) is 3. The third-order valence-corrected chi connectivity index (χ3v) is 4.66. The van der Waals surface area contributed by atoms with Crippen LogP contribution in [0.15, 0.2) is 47.4 Å². The van der Waals surface area contributed by atoms with Gasteiger partial charge < -0.3 is 10.6 Å². The molecule has 0 fully saturated rings. The second kappa shape index (κ2) is 5.85. The molecular weight excluding hydrogens is 296 g/mol. The molecule has 2 aromatic rings. The van der Waals surface area contributed by atoms with Gasteiger partial charge in [-0.25, -0.2) is 0 Å². The van der Waals surface area contributed by atoms with E-state index in [1.54, 1.807) is 18.2 Å². The summed E-state index contributed by atoms with van der Waals surface area (Å²) in [6.45, 7) is 3.85. The number of nitrogens with one attached hydrogen (secondary N) is 2. The summed E-state index contributed by atoms with van der Waals surface area (Å²) in [5.74, 6) is -0.178. The lowest BCUT2D eigenvalue weighted by atomic mass is 10.1. The van der Waals surface area contributed by atoms with Crippen molar-refractivity contribution in [2.24, 2.45) is 0 Å². The van der Waals surface area contributed by atoms with E-state index in [2.05, 4.69) is 10.6 Å². The maximum atomic E-state index is 12.2. The molecule has 0 bridgehead atoms. The Morgan fingerprint density at radius 2 is 1.91 bits per heavy atom. The average Bonchev–Trinajstić information content (AvgIpc) is 2.49. The number of carbonyl (C=O) groups is 2. The second-order valence-corrected chi connectivity index (χ2v) is 6.66. The Balaban J connectivity index is 1.79. The molecule has 0 saturated heterocycles. The number of thioether (sulfide) groups is 1. The number of aryl methyl sites for hydroxylation is 1. The minimum absolute atomic E-state index is 0.0143. The predicted octanol–water partition coefficient (Wildman–Crippen LogP) is 3.68. The first-order valence-corrected chi connectivity index (χ1v) is 7.90. The van der Waals surface area contributed by atoms with E-state index >= 15 is 0 Å². The Labute approximate surface area is 133 Å². The van der Waals surface area contributed by atoms with Crippen LogP contribution in [0.25, 0.3) is 0 Å². The summed E-state index contributed by atoms with van der Waals surface area (Å²) in [4.78, 5) is 24.9. The summed E-state index contributed by atoms with van der Waals surface area (Å²) in [5.41, 5.74) is 3.13. The van der Waals surface area contributed by atoms with E-state index in [9.17, 15) is 9.59 Å². The van der Waals surface area contributed by atoms with Gasteiger partial charge in [-0.05, 0) is 44.2 Å². The normalized spacial score (nSPS) is 16.6. The average molecular weight is 312 g/mol. The van der Waals surface area contributed by atoms with Gasteiger partial charge in [-0.2, -0.15) is 0 Å². The molecule has 1 atom stereocenters. The van der Waals surface area contributed by atoms with E-state index in [0.29, 0.717) is 11.3 Å². The van der Waals surface area contributed by atoms with Gasteiger partial charge in [0.1, 0.15) is 0 Å². The Kier molecular flexibility index (Phi) is 3.90. The van der Waals surface area contributed by atoms with Crippen molar-refractivity contribution < 1.29 is 9.59 Å². The maximum Gasteiger partial charge on any atom is 0.255 e. The molecule has 1 aliphatic rings. The van der Waals surface area contributed by atoms with E-state index < -0.39 is 0 Å². The van der Waals surface area contributed by atoms with Crippen molar-refractivity contribution in [3.05, 3.63) is 53.6 Å². The van der Waals surface area contributed by atoms with Crippen molar-refractivity contribution in [2.45, 2.75) is 24.0 Å². The van der Waals surface area contributed by atoms with E-state index in [1.165, 1.54) is 11.8 Å². The van der Waals surface area contributed by atoms with Crippen LogP contribution in [0, 0.1) is 6.92 Å². The van der Waals surface area contributed by atoms with Crippen LogP contribution in [0.2, 0.25) is 0 Å². The van der Waals surface area contributed by atoms with Gasteiger partial charge in [-0.1, -0.05) is 17.7 Å². The third kappa shape index (κ3) is 2.99. The molecule has 4 nitrogen and oxygen atoms in total. The van der Waals surface area contributed by atoms with Gasteiger partial charge >= 0.3 is 0 Å². The quantitative estimate of drug-likeness (QED) is 0.889. The van der Waals surface area contributed by atoms with Gasteiger partial charge in [-0.15, -0.1) is 11.8 Å². The van der Waals surface area contributed by atoms with Crippen LogP contribution < -0.4 is 10.6 Å². The molecule has 0 saturated carbocycles. The summed E-state index contributed by atoms with van der Waals surface area (Å²) in [5, 5.41) is 5.62. The summed E-state index contributed by atoms with van der Waals surface area (Å²) in [7, 11) is 0. The van der Waals surface area contributed by atoms with Gasteiger partial charge in [0, 0.05) is 16.1 Å². The van der Waals surface area contributed by atoms with Crippen molar-refractivity contribution in [3.8, 4) is 0 Å². The van der Waals surface area contributed by atoms with Gasteiger partial charge in [0.25, 0.3) is 5.91 Å². The molecular formula is C17H16N2O2S. The highest BCUT2D eigenvalue weighted by Crippen LogP contribution is 2.37. The molecule has 112 valence electrons. The fourth-order valence-electron chi connectivity index (χ4n) is 2.19. The van der Waals surface area contributed by atoms with Crippen LogP contribution in [-0.2, 0) is 4.79 Å². The highest BCUT2D eigenvalue weighted by molar-refractivity contribution is 8.00. The van der Waals surface area contributed by atoms with E-state index in [-0.39, 0.29) is 17.1 Å². The summed E-state index contributed by atoms with van der Waals surface area (Å²) < 4.78 is 0. The van der Waals surface area contributed by atoms with Crippen LogP contribution in [0.4, 0.5) is 11.4 Å².